The van der Waals surface area contributed by atoms with Crippen molar-refractivity contribution >= 4 is 11.6 Å². The van der Waals surface area contributed by atoms with Crippen molar-refractivity contribution in [1.82, 2.24) is 0 Å². The normalized spacial score (nSPS) is 50.2. The average molecular weight is 298 g/mol. The summed E-state index contributed by atoms with van der Waals surface area (Å²) < 4.78 is 0. The molecule has 3 fully saturated rings. The third-order valence-electron chi connectivity index (χ3n) is 7.56. The van der Waals surface area contributed by atoms with Crippen molar-refractivity contribution in [3.05, 3.63) is 23.8 Å². The van der Waals surface area contributed by atoms with Gasteiger partial charge in [-0.15, -0.1) is 0 Å². The molecule has 0 bridgehead atoms. The summed E-state index contributed by atoms with van der Waals surface area (Å²) in [6.45, 7) is 6.70. The molecular weight excluding hydrogens is 272 g/mol. The molecule has 0 saturated heterocycles. The molecule has 0 amide bonds. The molecule has 0 heterocycles. The fourth-order valence-corrected chi connectivity index (χ4v) is 6.28. The van der Waals surface area contributed by atoms with E-state index in [2.05, 4.69) is 19.9 Å². The van der Waals surface area contributed by atoms with E-state index in [4.69, 9.17) is 0 Å². The first-order valence-electron chi connectivity index (χ1n) is 8.86. The number of ketones is 2. The number of fused-ring (bicyclic) bond motifs is 5. The summed E-state index contributed by atoms with van der Waals surface area (Å²) in [5.74, 6) is 1.52. The monoisotopic (exact) mass is 298 g/mol. The molecular formula is C20H26O2. The van der Waals surface area contributed by atoms with Crippen LogP contribution in [0.4, 0.5) is 0 Å². The predicted molar refractivity (Wildman–Crippen MR) is 86.2 cm³/mol. The first-order valence-corrected chi connectivity index (χ1v) is 8.86. The van der Waals surface area contributed by atoms with Gasteiger partial charge in [-0.1, -0.05) is 33.3 Å². The summed E-state index contributed by atoms with van der Waals surface area (Å²) in [5, 5.41) is 0. The molecule has 0 aromatic heterocycles. The number of hydrogen-bond donors (Lipinski definition) is 0. The molecule has 2 nitrogen and oxygen atoms in total. The van der Waals surface area contributed by atoms with Gasteiger partial charge in [0.15, 0.2) is 5.78 Å². The summed E-state index contributed by atoms with van der Waals surface area (Å²) in [6, 6.07) is 0. The van der Waals surface area contributed by atoms with Crippen molar-refractivity contribution in [2.24, 2.45) is 34.5 Å². The molecule has 2 heteroatoms. The van der Waals surface area contributed by atoms with Crippen LogP contribution in [-0.4, -0.2) is 11.6 Å². The summed E-state index contributed by atoms with van der Waals surface area (Å²) in [7, 11) is 0. The second-order valence-corrected chi connectivity index (χ2v) is 8.57. The Bertz CT molecular complexity index is 613. The summed E-state index contributed by atoms with van der Waals surface area (Å²) in [5.41, 5.74) is 1.37. The van der Waals surface area contributed by atoms with Crippen molar-refractivity contribution in [1.29, 1.82) is 0 Å². The Hall–Kier alpha value is -1.18. The van der Waals surface area contributed by atoms with Gasteiger partial charge in [0.25, 0.3) is 0 Å². The quantitative estimate of drug-likeness (QED) is 0.674. The van der Waals surface area contributed by atoms with Crippen LogP contribution in [0.1, 0.15) is 52.9 Å². The lowest BCUT2D eigenvalue weighted by Crippen LogP contribution is -2.54. The van der Waals surface area contributed by atoms with Crippen molar-refractivity contribution in [3.8, 4) is 0 Å². The van der Waals surface area contributed by atoms with E-state index in [1.807, 2.05) is 6.92 Å². The van der Waals surface area contributed by atoms with Crippen LogP contribution >= 0.6 is 0 Å². The van der Waals surface area contributed by atoms with Crippen LogP contribution in [-0.2, 0) is 9.59 Å². The second-order valence-electron chi connectivity index (χ2n) is 8.57. The van der Waals surface area contributed by atoms with Gasteiger partial charge in [0.1, 0.15) is 5.78 Å². The summed E-state index contributed by atoms with van der Waals surface area (Å²) in [6.07, 6.45) is 11.7. The van der Waals surface area contributed by atoms with Gasteiger partial charge in [-0.2, -0.15) is 0 Å². The lowest BCUT2D eigenvalue weighted by Gasteiger charge is -2.56. The molecule has 0 spiro atoms. The Morgan fingerprint density at radius 3 is 2.64 bits per heavy atom. The maximum Gasteiger partial charge on any atom is 0.178 e. The van der Waals surface area contributed by atoms with Crippen molar-refractivity contribution < 1.29 is 9.59 Å². The fourth-order valence-electron chi connectivity index (χ4n) is 6.28. The van der Waals surface area contributed by atoms with Crippen LogP contribution < -0.4 is 0 Å². The van der Waals surface area contributed by atoms with Gasteiger partial charge < -0.3 is 0 Å². The molecule has 6 atom stereocenters. The molecule has 118 valence electrons. The summed E-state index contributed by atoms with van der Waals surface area (Å²) >= 11 is 0. The van der Waals surface area contributed by atoms with E-state index >= 15 is 0 Å². The topological polar surface area (TPSA) is 34.1 Å². The van der Waals surface area contributed by atoms with Crippen LogP contribution in [0, 0.1) is 34.5 Å². The average Bonchev–Trinajstić information content (AvgIpc) is 2.88. The lowest BCUT2D eigenvalue weighted by molar-refractivity contribution is -0.140. The second kappa shape index (κ2) is 4.43. The molecule has 3 saturated carbocycles. The predicted octanol–water partition coefficient (Wildman–Crippen LogP) is 4.11. The van der Waals surface area contributed by atoms with Crippen molar-refractivity contribution in [2.75, 3.05) is 0 Å². The Kier molecular flexibility index (Phi) is 2.90. The zero-order valence-electron chi connectivity index (χ0n) is 13.9. The highest BCUT2D eigenvalue weighted by molar-refractivity contribution is 6.03. The van der Waals surface area contributed by atoms with E-state index in [1.54, 1.807) is 12.2 Å². The van der Waals surface area contributed by atoms with Gasteiger partial charge in [0.05, 0.1) is 0 Å². The van der Waals surface area contributed by atoms with Crippen LogP contribution in [0.15, 0.2) is 23.8 Å². The molecule has 22 heavy (non-hydrogen) atoms. The lowest BCUT2D eigenvalue weighted by atomic mass is 9.46. The first-order chi connectivity index (χ1) is 10.4. The largest absolute Gasteiger partial charge is 0.299 e. The Labute approximate surface area is 133 Å². The maximum atomic E-state index is 13.2. The number of carbonyl (C=O) groups excluding carboxylic acids is 2. The Morgan fingerprint density at radius 1 is 1.09 bits per heavy atom. The van der Waals surface area contributed by atoms with Crippen LogP contribution in [0.5, 0.6) is 0 Å². The number of hydrogen-bond acceptors (Lipinski definition) is 2. The van der Waals surface area contributed by atoms with Gasteiger partial charge in [-0.05, 0) is 60.7 Å². The molecule has 4 aliphatic carbocycles. The smallest absolute Gasteiger partial charge is 0.178 e. The number of rotatable bonds is 0. The molecule has 0 N–H and O–H groups in total. The minimum absolute atomic E-state index is 0.0482. The minimum Gasteiger partial charge on any atom is -0.299 e. The van der Waals surface area contributed by atoms with Crippen molar-refractivity contribution in [2.45, 2.75) is 52.9 Å². The molecule has 0 radical (unpaired) electrons. The maximum absolute atomic E-state index is 13.2. The van der Waals surface area contributed by atoms with E-state index < -0.39 is 0 Å². The molecule has 0 aromatic rings. The SMILES string of the molecule is C[C@@H]1C(=O)[C@H]2[C@@H]3CCC[C@@]3(C)CC[C@@H]2[C@@]2(C)C=CC(=O)C=C12. The van der Waals surface area contributed by atoms with E-state index in [-0.39, 0.29) is 23.0 Å². The number of carbonyl (C=O) groups is 2. The molecule has 0 aromatic carbocycles. The van der Waals surface area contributed by atoms with Gasteiger partial charge in [0.2, 0.25) is 0 Å². The number of allylic oxidation sites excluding steroid dienone is 4. The standard InChI is InChI=1S/C20H26O2/c1-12-16-11-13(21)6-10-20(16,3)15-7-9-19(2)8-4-5-14(19)17(15)18(12)22/h6,10-12,14-15,17H,4-5,7-9H2,1-3H3/t12-,14-,15-,17-,19-,20+/m0/s1. The first kappa shape index (κ1) is 14.4. The fraction of sp³-hybridized carbons (Fsp3) is 0.700. The molecule has 0 unspecified atom stereocenters. The van der Waals surface area contributed by atoms with Crippen molar-refractivity contribution in [3.63, 3.8) is 0 Å². The highest BCUT2D eigenvalue weighted by atomic mass is 16.1. The number of Topliss-reactive ketones (excluding diaryl/α,β-unsaturated/α-hetero) is 1. The van der Waals surface area contributed by atoms with E-state index in [0.717, 1.165) is 12.0 Å². The van der Waals surface area contributed by atoms with Gasteiger partial charge >= 0.3 is 0 Å². The van der Waals surface area contributed by atoms with Crippen LogP contribution in [0.25, 0.3) is 0 Å². The zero-order chi connectivity index (χ0) is 15.7. The third-order valence-corrected chi connectivity index (χ3v) is 7.56. The summed E-state index contributed by atoms with van der Waals surface area (Å²) in [4.78, 5) is 25.0. The van der Waals surface area contributed by atoms with E-state index in [9.17, 15) is 9.59 Å². The van der Waals surface area contributed by atoms with Crippen LogP contribution in [0.2, 0.25) is 0 Å². The van der Waals surface area contributed by atoms with Crippen LogP contribution in [0.3, 0.4) is 0 Å². The van der Waals surface area contributed by atoms with E-state index in [1.165, 1.54) is 25.7 Å². The Morgan fingerprint density at radius 2 is 1.86 bits per heavy atom. The molecule has 0 aliphatic heterocycles. The zero-order valence-corrected chi connectivity index (χ0v) is 13.9. The van der Waals surface area contributed by atoms with Gasteiger partial charge in [0, 0.05) is 17.3 Å². The van der Waals surface area contributed by atoms with Gasteiger partial charge in [-0.3, -0.25) is 9.59 Å². The Balaban J connectivity index is 1.82. The molecule has 4 rings (SSSR count). The highest BCUT2D eigenvalue weighted by Crippen LogP contribution is 2.64. The highest BCUT2D eigenvalue weighted by Gasteiger charge is 2.60. The molecule has 4 aliphatic rings. The van der Waals surface area contributed by atoms with E-state index in [0.29, 0.717) is 23.0 Å². The van der Waals surface area contributed by atoms with Gasteiger partial charge in [-0.25, -0.2) is 0 Å². The third kappa shape index (κ3) is 1.67. The minimum atomic E-state index is -0.0944.